The molecule has 0 fully saturated rings. The standard InChI is InChI=1S/C52H34N4O/c1-4-15-34(16-5-1)48-32-43-50(35-17-6-2-7-18-35)53-52(54-51(43)57-48)56-46-28-26-37(31-42(46)49-39-21-11-10-14-33(39)24-29-47(49)56)36-25-27-45-41(30-36)40-22-12-13-23-44(40)55(45)38-19-8-3-9-20-38/h1-24,26,28-32H,25,27H2. The predicted molar refractivity (Wildman–Crippen MR) is 234 cm³/mol. The molecule has 0 saturated carbocycles. The van der Waals surface area contributed by atoms with Gasteiger partial charge in [-0.25, -0.2) is 4.98 Å². The number of nitrogens with zero attached hydrogens (tertiary/aromatic N) is 4. The summed E-state index contributed by atoms with van der Waals surface area (Å²) in [6.07, 6.45) is 4.34. The van der Waals surface area contributed by atoms with Crippen LogP contribution in [0, 0.1) is 0 Å². The summed E-state index contributed by atoms with van der Waals surface area (Å²) in [6.45, 7) is 0. The van der Waals surface area contributed by atoms with E-state index >= 15 is 0 Å². The van der Waals surface area contributed by atoms with Gasteiger partial charge in [0.05, 0.1) is 27.6 Å². The van der Waals surface area contributed by atoms with E-state index in [0.29, 0.717) is 11.7 Å². The molecule has 12 rings (SSSR count). The lowest BCUT2D eigenvalue weighted by atomic mass is 9.90. The predicted octanol–water partition coefficient (Wildman–Crippen LogP) is 13.2. The summed E-state index contributed by atoms with van der Waals surface area (Å²) >= 11 is 0. The summed E-state index contributed by atoms with van der Waals surface area (Å²) in [5.41, 5.74) is 13.2. The Labute approximate surface area is 328 Å². The Bertz CT molecular complexity index is 3390. The van der Waals surface area contributed by atoms with Crippen LogP contribution in [0.1, 0.15) is 23.2 Å². The van der Waals surface area contributed by atoms with Crippen LogP contribution >= 0.6 is 0 Å². The Morgan fingerprint density at radius 1 is 0.474 bits per heavy atom. The third-order valence-electron chi connectivity index (χ3n) is 11.7. The van der Waals surface area contributed by atoms with Gasteiger partial charge in [0.15, 0.2) is 0 Å². The monoisotopic (exact) mass is 730 g/mol. The van der Waals surface area contributed by atoms with Crippen LogP contribution in [0.5, 0.6) is 0 Å². The second-order valence-electron chi connectivity index (χ2n) is 14.9. The van der Waals surface area contributed by atoms with E-state index in [1.54, 1.807) is 0 Å². The molecule has 0 spiro atoms. The van der Waals surface area contributed by atoms with E-state index in [-0.39, 0.29) is 0 Å². The lowest BCUT2D eigenvalue weighted by Gasteiger charge is -2.18. The highest BCUT2D eigenvalue weighted by molar-refractivity contribution is 6.21. The van der Waals surface area contributed by atoms with Gasteiger partial charge in [0.2, 0.25) is 11.7 Å². The molecule has 4 heterocycles. The van der Waals surface area contributed by atoms with Gasteiger partial charge in [-0.15, -0.1) is 0 Å². The minimum atomic E-state index is 0.558. The number of fused-ring (bicyclic) bond motifs is 9. The molecule has 0 unspecified atom stereocenters. The molecule has 0 radical (unpaired) electrons. The highest BCUT2D eigenvalue weighted by Crippen LogP contribution is 2.42. The quantitative estimate of drug-likeness (QED) is 0.177. The van der Waals surface area contributed by atoms with Crippen LogP contribution in [-0.4, -0.2) is 19.1 Å². The van der Waals surface area contributed by atoms with E-state index in [4.69, 9.17) is 14.4 Å². The van der Waals surface area contributed by atoms with Gasteiger partial charge in [-0.2, -0.15) is 4.98 Å². The molecule has 57 heavy (non-hydrogen) atoms. The van der Waals surface area contributed by atoms with Gasteiger partial charge in [-0.3, -0.25) is 4.57 Å². The molecule has 4 aromatic heterocycles. The lowest BCUT2D eigenvalue weighted by molar-refractivity contribution is 0.616. The van der Waals surface area contributed by atoms with Crippen LogP contribution in [0.15, 0.2) is 180 Å². The van der Waals surface area contributed by atoms with Crippen LogP contribution in [0.25, 0.3) is 100 Å². The van der Waals surface area contributed by atoms with Crippen molar-refractivity contribution in [2.75, 3.05) is 0 Å². The van der Waals surface area contributed by atoms with Crippen molar-refractivity contribution >= 4 is 66.2 Å². The molecule has 5 heteroatoms. The third-order valence-corrected chi connectivity index (χ3v) is 11.7. The van der Waals surface area contributed by atoms with Crippen LogP contribution in [0.2, 0.25) is 0 Å². The van der Waals surface area contributed by atoms with Gasteiger partial charge in [0.25, 0.3) is 0 Å². The number of aromatic nitrogens is 4. The summed E-state index contributed by atoms with van der Waals surface area (Å²) in [7, 11) is 0. The molecule has 11 aromatic rings. The molecular weight excluding hydrogens is 697 g/mol. The maximum atomic E-state index is 6.56. The molecule has 0 amide bonds. The van der Waals surface area contributed by atoms with E-state index < -0.39 is 0 Å². The Kier molecular flexibility index (Phi) is 6.99. The van der Waals surface area contributed by atoms with Gasteiger partial charge >= 0.3 is 0 Å². The fraction of sp³-hybridized carbons (Fsp3) is 0.0385. The number of rotatable bonds is 5. The van der Waals surface area contributed by atoms with Crippen molar-refractivity contribution in [3.8, 4) is 34.2 Å². The normalized spacial score (nSPS) is 12.9. The van der Waals surface area contributed by atoms with Crippen molar-refractivity contribution in [1.29, 1.82) is 0 Å². The molecule has 5 nitrogen and oxygen atoms in total. The molecule has 1 aliphatic carbocycles. The topological polar surface area (TPSA) is 48.8 Å². The lowest BCUT2D eigenvalue weighted by Crippen LogP contribution is -2.05. The molecule has 0 saturated heterocycles. The van der Waals surface area contributed by atoms with Gasteiger partial charge in [-0.05, 0) is 83.3 Å². The fourth-order valence-corrected chi connectivity index (χ4v) is 9.10. The van der Waals surface area contributed by atoms with Crippen LogP contribution in [-0.2, 0) is 6.42 Å². The molecule has 0 bridgehead atoms. The second-order valence-corrected chi connectivity index (χ2v) is 14.9. The number of furan rings is 1. The van der Waals surface area contributed by atoms with Crippen molar-refractivity contribution < 1.29 is 4.42 Å². The van der Waals surface area contributed by atoms with Gasteiger partial charge < -0.3 is 8.98 Å². The summed E-state index contributed by atoms with van der Waals surface area (Å²) in [5, 5.41) is 6.94. The average molecular weight is 731 g/mol. The van der Waals surface area contributed by atoms with Gasteiger partial charge in [-0.1, -0.05) is 133 Å². The number of benzene rings is 7. The Morgan fingerprint density at radius 3 is 1.98 bits per heavy atom. The van der Waals surface area contributed by atoms with Crippen LogP contribution in [0.3, 0.4) is 0 Å². The third kappa shape index (κ3) is 4.95. The zero-order chi connectivity index (χ0) is 37.5. The van der Waals surface area contributed by atoms with Crippen molar-refractivity contribution in [3.05, 3.63) is 193 Å². The van der Waals surface area contributed by atoms with Crippen LogP contribution in [0.4, 0.5) is 0 Å². The molecule has 1 aliphatic rings. The Hall–Kier alpha value is -7.50. The first-order valence-corrected chi connectivity index (χ1v) is 19.5. The van der Waals surface area contributed by atoms with Crippen molar-refractivity contribution in [1.82, 2.24) is 19.1 Å². The zero-order valence-electron chi connectivity index (χ0n) is 30.9. The van der Waals surface area contributed by atoms with E-state index in [1.807, 2.05) is 24.3 Å². The number of hydrogen-bond acceptors (Lipinski definition) is 3. The zero-order valence-corrected chi connectivity index (χ0v) is 30.9. The molecule has 0 N–H and O–H groups in total. The van der Waals surface area contributed by atoms with E-state index in [2.05, 4.69) is 167 Å². The average Bonchev–Trinajstić information content (AvgIpc) is 3.97. The molecule has 0 aliphatic heterocycles. The second kappa shape index (κ2) is 12.5. The first kappa shape index (κ1) is 31.8. The smallest absolute Gasteiger partial charge is 0.238 e. The van der Waals surface area contributed by atoms with E-state index in [0.717, 1.165) is 51.8 Å². The van der Waals surface area contributed by atoms with Crippen LogP contribution < -0.4 is 0 Å². The van der Waals surface area contributed by atoms with E-state index in [1.165, 1.54) is 60.5 Å². The summed E-state index contributed by atoms with van der Waals surface area (Å²) in [4.78, 5) is 10.6. The largest absolute Gasteiger partial charge is 0.438 e. The summed E-state index contributed by atoms with van der Waals surface area (Å²) in [6, 6.07) is 62.2. The number of hydrogen-bond donors (Lipinski definition) is 0. The minimum absolute atomic E-state index is 0.558. The summed E-state index contributed by atoms with van der Waals surface area (Å²) in [5.74, 6) is 1.34. The molecule has 268 valence electrons. The highest BCUT2D eigenvalue weighted by atomic mass is 16.3. The maximum absolute atomic E-state index is 6.56. The first-order valence-electron chi connectivity index (χ1n) is 19.5. The summed E-state index contributed by atoms with van der Waals surface area (Å²) < 4.78 is 11.2. The fourth-order valence-electron chi connectivity index (χ4n) is 9.10. The SMILES string of the molecule is C1=C(c2ccc3c(c2)c2c4ccccc4ccc2n3-c2nc(-c3ccccc3)c3cc(-c4ccccc4)oc3n2)CCc2c1c1ccccc1n2-c1ccccc1. The van der Waals surface area contributed by atoms with Crippen molar-refractivity contribution in [2.24, 2.45) is 0 Å². The van der Waals surface area contributed by atoms with Gasteiger partial charge in [0, 0.05) is 44.2 Å². The minimum Gasteiger partial charge on any atom is -0.438 e. The first-order chi connectivity index (χ1) is 28.3. The Balaban J connectivity index is 1.09. The Morgan fingerprint density at radius 2 is 1.16 bits per heavy atom. The maximum Gasteiger partial charge on any atom is 0.238 e. The molecule has 7 aromatic carbocycles. The van der Waals surface area contributed by atoms with Crippen molar-refractivity contribution in [2.45, 2.75) is 12.8 Å². The van der Waals surface area contributed by atoms with E-state index in [9.17, 15) is 0 Å². The highest BCUT2D eigenvalue weighted by Gasteiger charge is 2.24. The van der Waals surface area contributed by atoms with Gasteiger partial charge in [0.1, 0.15) is 5.76 Å². The number of allylic oxidation sites excluding steroid dienone is 1. The molecular formula is C52H34N4O. The number of para-hydroxylation sites is 2. The van der Waals surface area contributed by atoms with Crippen molar-refractivity contribution in [3.63, 3.8) is 0 Å². The molecule has 0 atom stereocenters.